The molecule has 1 aromatic heterocycles. The predicted molar refractivity (Wildman–Crippen MR) is 70.3 cm³/mol. The highest BCUT2D eigenvalue weighted by Crippen LogP contribution is 2.19. The highest BCUT2D eigenvalue weighted by atomic mass is 19.1. The molecule has 0 saturated heterocycles. The first-order valence-corrected chi connectivity index (χ1v) is 6.34. The molecule has 0 spiro atoms. The second kappa shape index (κ2) is 4.53. The fourth-order valence-electron chi connectivity index (χ4n) is 1.87. The maximum absolute atomic E-state index is 13.1. The van der Waals surface area contributed by atoms with Crippen molar-refractivity contribution in [1.29, 1.82) is 0 Å². The van der Waals surface area contributed by atoms with Crippen LogP contribution >= 0.6 is 0 Å². The largest absolute Gasteiger partial charge is 0.352 e. The van der Waals surface area contributed by atoms with Crippen LogP contribution in [0.25, 0.3) is 11.0 Å². The smallest absolute Gasteiger partial charge is 0.242 e. The lowest BCUT2D eigenvalue weighted by atomic mass is 10.3. The van der Waals surface area contributed by atoms with Crippen molar-refractivity contribution in [3.63, 3.8) is 0 Å². The molecule has 1 unspecified atom stereocenters. The molecule has 3 N–H and O–H groups in total. The minimum Gasteiger partial charge on any atom is -0.352 e. The van der Waals surface area contributed by atoms with Gasteiger partial charge in [0.1, 0.15) is 11.9 Å². The van der Waals surface area contributed by atoms with Crippen LogP contribution < -0.4 is 10.6 Å². The zero-order chi connectivity index (χ0) is 13.4. The minimum atomic E-state index is -0.383. The molecule has 1 amide bonds. The number of fused-ring (bicyclic) bond motifs is 1. The average molecular weight is 262 g/mol. The van der Waals surface area contributed by atoms with Crippen LogP contribution in [0.1, 0.15) is 19.8 Å². The third-order valence-electron chi connectivity index (χ3n) is 3.11. The van der Waals surface area contributed by atoms with Crippen LogP contribution in [0.2, 0.25) is 0 Å². The van der Waals surface area contributed by atoms with Crippen molar-refractivity contribution < 1.29 is 9.18 Å². The van der Waals surface area contributed by atoms with E-state index in [1.54, 1.807) is 13.0 Å². The number of benzene rings is 1. The molecule has 3 rings (SSSR count). The van der Waals surface area contributed by atoms with Gasteiger partial charge in [0.15, 0.2) is 0 Å². The fourth-order valence-corrected chi connectivity index (χ4v) is 1.87. The molecular formula is C13H15FN4O. The lowest BCUT2D eigenvalue weighted by molar-refractivity contribution is -0.121. The molecule has 1 fully saturated rings. The zero-order valence-corrected chi connectivity index (χ0v) is 10.5. The normalized spacial score (nSPS) is 16.3. The number of imidazole rings is 1. The second-order valence-electron chi connectivity index (χ2n) is 4.90. The van der Waals surface area contributed by atoms with Crippen molar-refractivity contribution in [2.24, 2.45) is 0 Å². The summed E-state index contributed by atoms with van der Waals surface area (Å²) in [5, 5.41) is 5.90. The highest BCUT2D eigenvalue weighted by molar-refractivity contribution is 5.85. The summed E-state index contributed by atoms with van der Waals surface area (Å²) in [5.74, 6) is 0.107. The van der Waals surface area contributed by atoms with Crippen LogP contribution in [0.3, 0.4) is 0 Å². The Morgan fingerprint density at radius 3 is 3.05 bits per heavy atom. The van der Waals surface area contributed by atoms with E-state index < -0.39 is 0 Å². The third-order valence-corrected chi connectivity index (χ3v) is 3.11. The molecule has 100 valence electrons. The summed E-state index contributed by atoms with van der Waals surface area (Å²) in [7, 11) is 0. The van der Waals surface area contributed by atoms with E-state index in [1.807, 2.05) is 0 Å². The van der Waals surface area contributed by atoms with Crippen molar-refractivity contribution in [2.75, 3.05) is 5.32 Å². The lowest BCUT2D eigenvalue weighted by Gasteiger charge is -2.12. The van der Waals surface area contributed by atoms with E-state index in [0.717, 1.165) is 12.8 Å². The number of nitrogens with zero attached hydrogens (tertiary/aromatic N) is 1. The standard InChI is InChI=1S/C13H15FN4O/c1-7(12(19)16-9-3-4-9)15-13-17-10-5-2-8(14)6-11(10)18-13/h2,5-7,9H,3-4H2,1H3,(H,16,19)(H2,15,17,18). The number of H-pyrrole nitrogens is 1. The van der Waals surface area contributed by atoms with Gasteiger partial charge in [0, 0.05) is 6.04 Å². The number of aromatic amines is 1. The molecule has 1 heterocycles. The first-order valence-electron chi connectivity index (χ1n) is 6.34. The van der Waals surface area contributed by atoms with Crippen LogP contribution in [0.4, 0.5) is 10.3 Å². The molecule has 0 bridgehead atoms. The van der Waals surface area contributed by atoms with Crippen molar-refractivity contribution in [1.82, 2.24) is 15.3 Å². The Morgan fingerprint density at radius 1 is 1.53 bits per heavy atom. The summed E-state index contributed by atoms with van der Waals surface area (Å²) in [4.78, 5) is 19.0. The van der Waals surface area contributed by atoms with Gasteiger partial charge in [-0.05, 0) is 38.0 Å². The number of hydrogen-bond acceptors (Lipinski definition) is 3. The van der Waals surface area contributed by atoms with Gasteiger partial charge < -0.3 is 15.6 Å². The first kappa shape index (κ1) is 12.0. The number of rotatable bonds is 4. The van der Waals surface area contributed by atoms with Gasteiger partial charge in [-0.25, -0.2) is 9.37 Å². The molecule has 1 aromatic carbocycles. The first-order chi connectivity index (χ1) is 9.11. The number of nitrogens with one attached hydrogen (secondary N) is 3. The Kier molecular flexibility index (Phi) is 2.85. The number of hydrogen-bond donors (Lipinski definition) is 3. The Balaban J connectivity index is 1.71. The quantitative estimate of drug-likeness (QED) is 0.786. The monoisotopic (exact) mass is 262 g/mol. The van der Waals surface area contributed by atoms with Gasteiger partial charge >= 0.3 is 0 Å². The van der Waals surface area contributed by atoms with E-state index in [-0.39, 0.29) is 17.8 Å². The van der Waals surface area contributed by atoms with E-state index in [0.29, 0.717) is 23.0 Å². The van der Waals surface area contributed by atoms with Gasteiger partial charge in [0.2, 0.25) is 11.9 Å². The van der Waals surface area contributed by atoms with Crippen LogP contribution in [-0.2, 0) is 4.79 Å². The highest BCUT2D eigenvalue weighted by Gasteiger charge is 2.25. The molecule has 1 aliphatic rings. The van der Waals surface area contributed by atoms with E-state index in [4.69, 9.17) is 0 Å². The SMILES string of the molecule is CC(Nc1nc2ccc(F)cc2[nH]1)C(=O)NC1CC1. The van der Waals surface area contributed by atoms with E-state index >= 15 is 0 Å². The maximum atomic E-state index is 13.1. The fraction of sp³-hybridized carbons (Fsp3) is 0.385. The summed E-state index contributed by atoms with van der Waals surface area (Å²) in [5.41, 5.74) is 1.27. The number of anilines is 1. The summed E-state index contributed by atoms with van der Waals surface area (Å²) < 4.78 is 13.1. The predicted octanol–water partition coefficient (Wildman–Crippen LogP) is 1.78. The van der Waals surface area contributed by atoms with Gasteiger partial charge in [-0.3, -0.25) is 4.79 Å². The van der Waals surface area contributed by atoms with Crippen LogP contribution in [0.15, 0.2) is 18.2 Å². The molecule has 6 heteroatoms. The summed E-state index contributed by atoms with van der Waals surface area (Å²) in [6, 6.07) is 4.28. The van der Waals surface area contributed by atoms with Crippen molar-refractivity contribution in [2.45, 2.75) is 31.8 Å². The molecule has 2 aromatic rings. The number of aromatic nitrogens is 2. The van der Waals surface area contributed by atoms with E-state index in [1.165, 1.54) is 12.1 Å². The van der Waals surface area contributed by atoms with Crippen molar-refractivity contribution in [3.8, 4) is 0 Å². The van der Waals surface area contributed by atoms with Crippen LogP contribution in [-0.4, -0.2) is 28.0 Å². The number of halogens is 1. The lowest BCUT2D eigenvalue weighted by Crippen LogP contribution is -2.38. The summed E-state index contributed by atoms with van der Waals surface area (Å²) in [6.45, 7) is 1.77. The number of amides is 1. The average Bonchev–Trinajstić information content (AvgIpc) is 3.08. The number of carbonyl (C=O) groups is 1. The molecule has 0 aliphatic heterocycles. The van der Waals surface area contributed by atoms with Gasteiger partial charge in [-0.2, -0.15) is 0 Å². The molecule has 0 radical (unpaired) electrons. The third kappa shape index (κ3) is 2.67. The summed E-state index contributed by atoms with van der Waals surface area (Å²) >= 11 is 0. The van der Waals surface area contributed by atoms with Crippen LogP contribution in [0, 0.1) is 5.82 Å². The minimum absolute atomic E-state index is 0.0471. The Hall–Kier alpha value is -2.11. The molecule has 5 nitrogen and oxygen atoms in total. The molecule has 1 atom stereocenters. The van der Waals surface area contributed by atoms with Crippen molar-refractivity contribution >= 4 is 22.9 Å². The van der Waals surface area contributed by atoms with Crippen LogP contribution in [0.5, 0.6) is 0 Å². The maximum Gasteiger partial charge on any atom is 0.242 e. The van der Waals surface area contributed by atoms with E-state index in [2.05, 4.69) is 20.6 Å². The molecule has 19 heavy (non-hydrogen) atoms. The Labute approximate surface area is 109 Å². The van der Waals surface area contributed by atoms with Gasteiger partial charge in [0.25, 0.3) is 0 Å². The Bertz CT molecular complexity index is 620. The topological polar surface area (TPSA) is 69.8 Å². The Morgan fingerprint density at radius 2 is 2.32 bits per heavy atom. The summed E-state index contributed by atoms with van der Waals surface area (Å²) in [6.07, 6.45) is 2.12. The molecular weight excluding hydrogens is 247 g/mol. The van der Waals surface area contributed by atoms with Gasteiger partial charge in [-0.15, -0.1) is 0 Å². The van der Waals surface area contributed by atoms with E-state index in [9.17, 15) is 9.18 Å². The molecule has 1 saturated carbocycles. The second-order valence-corrected chi connectivity index (χ2v) is 4.90. The van der Waals surface area contributed by atoms with Crippen molar-refractivity contribution in [3.05, 3.63) is 24.0 Å². The zero-order valence-electron chi connectivity index (χ0n) is 10.5. The molecule has 1 aliphatic carbocycles. The van der Waals surface area contributed by atoms with Gasteiger partial charge in [-0.1, -0.05) is 0 Å². The number of carbonyl (C=O) groups excluding carboxylic acids is 1. The van der Waals surface area contributed by atoms with Gasteiger partial charge in [0.05, 0.1) is 11.0 Å².